The summed E-state index contributed by atoms with van der Waals surface area (Å²) in [6, 6.07) is 25.3. The van der Waals surface area contributed by atoms with Gasteiger partial charge in [-0.25, -0.2) is 4.79 Å². The van der Waals surface area contributed by atoms with E-state index < -0.39 is 0 Å². The van der Waals surface area contributed by atoms with Crippen molar-refractivity contribution in [3.05, 3.63) is 112 Å². The Morgan fingerprint density at radius 2 is 1.50 bits per heavy atom. The number of carbonyl (C=O) groups excluding carboxylic acids is 2. The lowest BCUT2D eigenvalue weighted by Gasteiger charge is -2.39. The Balaban J connectivity index is 1.36. The fourth-order valence-electron chi connectivity index (χ4n) is 6.07. The number of nitrogens with zero attached hydrogens (tertiary/aromatic N) is 3. The second-order valence-electron chi connectivity index (χ2n) is 11.9. The predicted molar refractivity (Wildman–Crippen MR) is 170 cm³/mol. The molecule has 0 spiro atoms. The van der Waals surface area contributed by atoms with Crippen molar-refractivity contribution >= 4 is 34.9 Å². The molecular weight excluding hydrogens is 544 g/mol. The molecule has 0 saturated heterocycles. The van der Waals surface area contributed by atoms with Crippen molar-refractivity contribution in [2.75, 3.05) is 16.8 Å². The molecule has 1 aliphatic heterocycles. The topological polar surface area (TPSA) is 57.6 Å². The van der Waals surface area contributed by atoms with Crippen molar-refractivity contribution < 1.29 is 9.59 Å². The highest BCUT2D eigenvalue weighted by Crippen LogP contribution is 2.43. The molecule has 4 aromatic rings. The van der Waals surface area contributed by atoms with Gasteiger partial charge in [0.05, 0.1) is 17.1 Å². The molecule has 216 valence electrons. The minimum Gasteiger partial charge on any atom is -0.316 e. The summed E-state index contributed by atoms with van der Waals surface area (Å²) in [5.74, 6) is 0.366. The van der Waals surface area contributed by atoms with Gasteiger partial charge in [0, 0.05) is 22.9 Å². The zero-order chi connectivity index (χ0) is 29.5. The molecule has 6 nitrogen and oxygen atoms in total. The number of nitrogens with one attached hydrogen (secondary N) is 1. The monoisotopic (exact) mass is 580 g/mol. The summed E-state index contributed by atoms with van der Waals surface area (Å²) in [6.45, 7) is 8.53. The van der Waals surface area contributed by atoms with E-state index in [9.17, 15) is 9.59 Å². The van der Waals surface area contributed by atoms with Crippen LogP contribution in [0, 0.1) is 0 Å². The van der Waals surface area contributed by atoms with Gasteiger partial charge in [-0.05, 0) is 77.8 Å². The molecule has 1 aliphatic carbocycles. The van der Waals surface area contributed by atoms with Crippen LogP contribution in [0.1, 0.15) is 80.8 Å². The molecule has 2 heterocycles. The molecule has 3 aromatic carbocycles. The molecule has 2 aliphatic rings. The van der Waals surface area contributed by atoms with Crippen molar-refractivity contribution in [1.29, 1.82) is 0 Å². The number of fused-ring (bicyclic) bond motifs is 3. The molecule has 6 rings (SSSR count). The van der Waals surface area contributed by atoms with E-state index in [0.29, 0.717) is 5.02 Å². The maximum absolute atomic E-state index is 14.5. The van der Waals surface area contributed by atoms with Gasteiger partial charge in [-0.1, -0.05) is 81.8 Å². The molecule has 1 saturated carbocycles. The molecule has 1 aromatic heterocycles. The summed E-state index contributed by atoms with van der Waals surface area (Å²) in [5, 5.41) is 3.89. The highest BCUT2D eigenvalue weighted by molar-refractivity contribution is 6.30. The first-order valence-corrected chi connectivity index (χ1v) is 15.2. The lowest BCUT2D eigenvalue weighted by atomic mass is 9.93. The van der Waals surface area contributed by atoms with Crippen molar-refractivity contribution in [3.8, 4) is 5.69 Å². The van der Waals surface area contributed by atoms with Crippen LogP contribution in [-0.4, -0.2) is 34.0 Å². The third-order valence-corrected chi connectivity index (χ3v) is 8.58. The highest BCUT2D eigenvalue weighted by atomic mass is 35.5. The summed E-state index contributed by atoms with van der Waals surface area (Å²) in [4.78, 5) is 32.0. The Morgan fingerprint density at radius 1 is 0.857 bits per heavy atom. The molecule has 1 unspecified atom stereocenters. The molecule has 1 N–H and O–H groups in total. The van der Waals surface area contributed by atoms with E-state index >= 15 is 0 Å². The van der Waals surface area contributed by atoms with E-state index in [1.807, 2.05) is 65.7 Å². The van der Waals surface area contributed by atoms with E-state index in [-0.39, 0.29) is 42.4 Å². The molecule has 7 heteroatoms. The maximum Gasteiger partial charge on any atom is 0.322 e. The van der Waals surface area contributed by atoms with Gasteiger partial charge in [0.1, 0.15) is 12.6 Å². The molecule has 3 amide bonds. The average Bonchev–Trinajstić information content (AvgIpc) is 3.70. The highest BCUT2D eigenvalue weighted by Gasteiger charge is 2.40. The van der Waals surface area contributed by atoms with Crippen LogP contribution in [0.15, 0.2) is 85.1 Å². The van der Waals surface area contributed by atoms with Crippen LogP contribution in [0.2, 0.25) is 5.02 Å². The Labute approximate surface area is 252 Å². The van der Waals surface area contributed by atoms with Gasteiger partial charge >= 0.3 is 6.03 Å². The van der Waals surface area contributed by atoms with Gasteiger partial charge in [-0.15, -0.1) is 0 Å². The first kappa shape index (κ1) is 28.1. The smallest absolute Gasteiger partial charge is 0.316 e. The summed E-state index contributed by atoms with van der Waals surface area (Å²) in [6.07, 6.45) is 3.81. The first-order valence-electron chi connectivity index (χ1n) is 14.8. The lowest BCUT2D eigenvalue weighted by Crippen LogP contribution is -2.48. The minimum absolute atomic E-state index is 0.0174. The van der Waals surface area contributed by atoms with Crippen LogP contribution in [-0.2, 0) is 4.79 Å². The number of para-hydroxylation sites is 3. The SMILES string of the molecule is CC(C)c1cccc(C(C)C)c1NC(=O)N(CC(=O)N1c2ccccc2-n2cccc2C1c1ccc(Cl)cc1)C1CC1. The lowest BCUT2D eigenvalue weighted by molar-refractivity contribution is -0.119. The van der Waals surface area contributed by atoms with E-state index in [2.05, 4.69) is 61.8 Å². The summed E-state index contributed by atoms with van der Waals surface area (Å²) < 4.78 is 2.14. The van der Waals surface area contributed by atoms with Gasteiger partial charge in [0.25, 0.3) is 0 Å². The predicted octanol–water partition coefficient (Wildman–Crippen LogP) is 8.51. The fraction of sp³-hybridized carbons (Fsp3) is 0.314. The standard InChI is InChI=1S/C35H37ClN4O2/c1-22(2)27-9-7-10-28(23(3)4)33(27)37-35(42)39(26-18-19-26)21-32(41)40-30-12-6-5-11-29(30)38-20-8-13-31(38)34(40)24-14-16-25(36)17-15-24/h5-17,20,22-23,26,34H,18-19,21H2,1-4H3,(H,37,42). The van der Waals surface area contributed by atoms with Crippen molar-refractivity contribution in [2.24, 2.45) is 0 Å². The summed E-state index contributed by atoms with van der Waals surface area (Å²) >= 11 is 6.25. The van der Waals surface area contributed by atoms with E-state index in [1.54, 1.807) is 4.90 Å². The number of hydrogen-bond acceptors (Lipinski definition) is 2. The number of halogens is 1. The number of urea groups is 1. The number of benzene rings is 3. The molecular formula is C35H37ClN4O2. The largest absolute Gasteiger partial charge is 0.322 e. The number of aromatic nitrogens is 1. The van der Waals surface area contributed by atoms with Crippen molar-refractivity contribution in [3.63, 3.8) is 0 Å². The van der Waals surface area contributed by atoms with E-state index in [4.69, 9.17) is 11.6 Å². The van der Waals surface area contributed by atoms with Gasteiger partial charge in [0.15, 0.2) is 0 Å². The van der Waals surface area contributed by atoms with Crippen LogP contribution in [0.5, 0.6) is 0 Å². The van der Waals surface area contributed by atoms with Crippen molar-refractivity contribution in [2.45, 2.75) is 64.5 Å². The second kappa shape index (κ2) is 11.3. The van der Waals surface area contributed by atoms with Crippen LogP contribution >= 0.6 is 11.6 Å². The third kappa shape index (κ3) is 5.20. The van der Waals surface area contributed by atoms with Gasteiger partial charge < -0.3 is 14.8 Å². The molecule has 1 fully saturated rings. The Hall–Kier alpha value is -4.03. The zero-order valence-corrected chi connectivity index (χ0v) is 25.3. The molecule has 42 heavy (non-hydrogen) atoms. The van der Waals surface area contributed by atoms with Crippen LogP contribution in [0.25, 0.3) is 5.69 Å². The maximum atomic E-state index is 14.5. The summed E-state index contributed by atoms with van der Waals surface area (Å²) in [5.41, 5.74) is 6.76. The number of hydrogen-bond donors (Lipinski definition) is 1. The van der Waals surface area contributed by atoms with Crippen LogP contribution in [0.3, 0.4) is 0 Å². The molecule has 0 bridgehead atoms. The normalized spacial score (nSPS) is 15.9. The Bertz CT molecular complexity index is 1590. The fourth-order valence-corrected chi connectivity index (χ4v) is 6.20. The Morgan fingerprint density at radius 3 is 2.12 bits per heavy atom. The van der Waals surface area contributed by atoms with Gasteiger partial charge in [-0.2, -0.15) is 0 Å². The second-order valence-corrected chi connectivity index (χ2v) is 12.4. The first-order chi connectivity index (χ1) is 20.2. The van der Waals surface area contributed by atoms with Crippen LogP contribution < -0.4 is 10.2 Å². The Kier molecular flexibility index (Phi) is 7.58. The van der Waals surface area contributed by atoms with Crippen LogP contribution in [0.4, 0.5) is 16.2 Å². The van der Waals surface area contributed by atoms with Gasteiger partial charge in [-0.3, -0.25) is 9.69 Å². The number of rotatable bonds is 7. The minimum atomic E-state index is -0.363. The molecule has 1 atom stereocenters. The average molecular weight is 581 g/mol. The molecule has 0 radical (unpaired) electrons. The number of carbonyl (C=O) groups is 2. The van der Waals surface area contributed by atoms with Crippen molar-refractivity contribution in [1.82, 2.24) is 9.47 Å². The van der Waals surface area contributed by atoms with Gasteiger partial charge in [0.2, 0.25) is 5.91 Å². The van der Waals surface area contributed by atoms with E-state index in [1.165, 1.54) is 0 Å². The number of anilines is 2. The summed E-state index contributed by atoms with van der Waals surface area (Å²) in [7, 11) is 0. The third-order valence-electron chi connectivity index (χ3n) is 8.33. The zero-order valence-electron chi connectivity index (χ0n) is 24.5. The quantitative estimate of drug-likeness (QED) is 0.238. The number of amides is 3. The van der Waals surface area contributed by atoms with E-state index in [0.717, 1.165) is 52.3 Å².